The van der Waals surface area contributed by atoms with E-state index in [0.717, 1.165) is 28.3 Å². The molecule has 0 unspecified atom stereocenters. The zero-order chi connectivity index (χ0) is 22.9. The molecule has 0 bridgehead atoms. The van der Waals surface area contributed by atoms with E-state index < -0.39 is 0 Å². The zero-order valence-electron chi connectivity index (χ0n) is 18.8. The molecule has 0 aliphatic rings. The highest BCUT2D eigenvalue weighted by Gasteiger charge is 2.15. The van der Waals surface area contributed by atoms with Gasteiger partial charge < -0.3 is 29.2 Å². The largest absolute Gasteiger partial charge is 0.497 e. The lowest BCUT2D eigenvalue weighted by Crippen LogP contribution is -2.34. The van der Waals surface area contributed by atoms with E-state index in [9.17, 15) is 0 Å². The summed E-state index contributed by atoms with van der Waals surface area (Å²) >= 11 is 5.81. The summed E-state index contributed by atoms with van der Waals surface area (Å²) in [7, 11) is 6.56. The van der Waals surface area contributed by atoms with Gasteiger partial charge in [0.15, 0.2) is 5.11 Å². The third-order valence-corrected chi connectivity index (χ3v) is 5.34. The van der Waals surface area contributed by atoms with Crippen LogP contribution in [-0.2, 0) is 13.1 Å². The van der Waals surface area contributed by atoms with Crippen LogP contribution in [0.15, 0.2) is 66.7 Å². The average Bonchev–Trinajstić information content (AvgIpc) is 2.84. The minimum absolute atomic E-state index is 0.576. The molecule has 3 aromatic rings. The molecule has 0 saturated carbocycles. The first kappa shape index (κ1) is 23.2. The molecule has 0 aliphatic heterocycles. The number of methoxy groups -OCH3 is 4. The summed E-state index contributed by atoms with van der Waals surface area (Å²) in [5.74, 6) is 2.99. The molecule has 0 heterocycles. The van der Waals surface area contributed by atoms with E-state index in [2.05, 4.69) is 16.3 Å². The molecule has 1 N–H and O–H groups in total. The first-order chi connectivity index (χ1) is 15.6. The standard InChI is InChI=1S/C25H28N2O4S/c1-28-20-10-8-18(9-11-20)16-27(17-19-6-5-7-21(14-19)29-2)25(32)26-23-13-12-22(30-3)15-24(23)31-4/h5-15H,16-17H2,1-4H3,(H,26,32). The lowest BCUT2D eigenvalue weighted by atomic mass is 10.1. The molecule has 0 fully saturated rings. The average molecular weight is 453 g/mol. The highest BCUT2D eigenvalue weighted by atomic mass is 32.1. The Labute approximate surface area is 194 Å². The molecule has 6 nitrogen and oxygen atoms in total. The van der Waals surface area contributed by atoms with Crippen molar-refractivity contribution in [2.24, 2.45) is 0 Å². The van der Waals surface area contributed by atoms with Gasteiger partial charge in [0.1, 0.15) is 23.0 Å². The molecule has 3 rings (SSSR count). The Morgan fingerprint density at radius 2 is 1.34 bits per heavy atom. The SMILES string of the molecule is COc1ccc(CN(Cc2cccc(OC)c2)C(=S)Nc2ccc(OC)cc2OC)cc1. The quantitative estimate of drug-likeness (QED) is 0.452. The number of nitrogens with one attached hydrogen (secondary N) is 1. The van der Waals surface area contributed by atoms with Gasteiger partial charge >= 0.3 is 0 Å². The van der Waals surface area contributed by atoms with Crippen molar-refractivity contribution in [2.45, 2.75) is 13.1 Å². The van der Waals surface area contributed by atoms with Crippen molar-refractivity contribution in [3.05, 3.63) is 77.9 Å². The second-order valence-electron chi connectivity index (χ2n) is 7.05. The molecule has 0 aliphatic carbocycles. The van der Waals surface area contributed by atoms with Gasteiger partial charge in [-0.25, -0.2) is 0 Å². The summed E-state index contributed by atoms with van der Waals surface area (Å²) < 4.78 is 21.5. The number of hydrogen-bond donors (Lipinski definition) is 1. The van der Waals surface area contributed by atoms with Gasteiger partial charge in [-0.3, -0.25) is 0 Å². The van der Waals surface area contributed by atoms with Crippen LogP contribution in [0, 0.1) is 0 Å². The molecule has 0 atom stereocenters. The van der Waals surface area contributed by atoms with Crippen molar-refractivity contribution in [1.82, 2.24) is 4.90 Å². The van der Waals surface area contributed by atoms with Crippen LogP contribution in [0.4, 0.5) is 5.69 Å². The normalized spacial score (nSPS) is 10.2. The maximum absolute atomic E-state index is 5.81. The summed E-state index contributed by atoms with van der Waals surface area (Å²) in [6.07, 6.45) is 0. The van der Waals surface area contributed by atoms with Gasteiger partial charge in [-0.05, 0) is 59.7 Å². The van der Waals surface area contributed by atoms with Crippen molar-refractivity contribution in [3.8, 4) is 23.0 Å². The van der Waals surface area contributed by atoms with Crippen molar-refractivity contribution in [1.29, 1.82) is 0 Å². The maximum atomic E-state index is 5.81. The fourth-order valence-electron chi connectivity index (χ4n) is 3.24. The molecule has 0 saturated heterocycles. The molecular formula is C25H28N2O4S. The van der Waals surface area contributed by atoms with Crippen LogP contribution >= 0.6 is 12.2 Å². The van der Waals surface area contributed by atoms with Crippen molar-refractivity contribution >= 4 is 23.0 Å². The molecule has 0 aromatic heterocycles. The van der Waals surface area contributed by atoms with Gasteiger partial charge in [0.2, 0.25) is 0 Å². The monoisotopic (exact) mass is 452 g/mol. The Hall–Kier alpha value is -3.45. The van der Waals surface area contributed by atoms with Crippen LogP contribution in [0.1, 0.15) is 11.1 Å². The van der Waals surface area contributed by atoms with E-state index >= 15 is 0 Å². The maximum Gasteiger partial charge on any atom is 0.174 e. The van der Waals surface area contributed by atoms with Crippen LogP contribution in [0.25, 0.3) is 0 Å². The van der Waals surface area contributed by atoms with Gasteiger partial charge in [-0.2, -0.15) is 0 Å². The van der Waals surface area contributed by atoms with Gasteiger partial charge in [-0.1, -0.05) is 24.3 Å². The molecule has 0 radical (unpaired) electrons. The zero-order valence-corrected chi connectivity index (χ0v) is 19.6. The lowest BCUT2D eigenvalue weighted by Gasteiger charge is -2.27. The number of hydrogen-bond acceptors (Lipinski definition) is 5. The van der Waals surface area contributed by atoms with E-state index in [1.165, 1.54) is 0 Å². The van der Waals surface area contributed by atoms with Crippen molar-refractivity contribution < 1.29 is 18.9 Å². The third kappa shape index (κ3) is 6.04. The summed E-state index contributed by atoms with van der Waals surface area (Å²) in [4.78, 5) is 2.09. The molecule has 0 amide bonds. The summed E-state index contributed by atoms with van der Waals surface area (Å²) in [5, 5.41) is 3.90. The molecule has 168 valence electrons. The molecular weight excluding hydrogens is 424 g/mol. The van der Waals surface area contributed by atoms with Crippen LogP contribution in [0.5, 0.6) is 23.0 Å². The number of anilines is 1. The van der Waals surface area contributed by atoms with Crippen LogP contribution in [0.3, 0.4) is 0 Å². The fourth-order valence-corrected chi connectivity index (χ4v) is 3.48. The predicted octanol–water partition coefficient (Wildman–Crippen LogP) is 5.12. The molecule has 3 aromatic carbocycles. The highest BCUT2D eigenvalue weighted by Crippen LogP contribution is 2.29. The predicted molar refractivity (Wildman–Crippen MR) is 131 cm³/mol. The van der Waals surface area contributed by atoms with Crippen molar-refractivity contribution in [3.63, 3.8) is 0 Å². The summed E-state index contributed by atoms with van der Waals surface area (Å²) in [6.45, 7) is 1.22. The minimum atomic E-state index is 0.576. The number of thiocarbonyl (C=S) groups is 1. The Bertz CT molecular complexity index is 1040. The van der Waals surface area contributed by atoms with E-state index in [0.29, 0.717) is 29.7 Å². The highest BCUT2D eigenvalue weighted by molar-refractivity contribution is 7.80. The summed E-state index contributed by atoms with van der Waals surface area (Å²) in [5.41, 5.74) is 2.96. The smallest absolute Gasteiger partial charge is 0.174 e. The van der Waals surface area contributed by atoms with Crippen LogP contribution in [0.2, 0.25) is 0 Å². The fraction of sp³-hybridized carbons (Fsp3) is 0.240. The van der Waals surface area contributed by atoms with Gasteiger partial charge in [0, 0.05) is 19.2 Å². The number of ether oxygens (including phenoxy) is 4. The number of rotatable bonds is 9. The second-order valence-corrected chi connectivity index (χ2v) is 7.44. The molecule has 32 heavy (non-hydrogen) atoms. The van der Waals surface area contributed by atoms with Gasteiger partial charge in [0.05, 0.1) is 34.1 Å². The lowest BCUT2D eigenvalue weighted by molar-refractivity contribution is 0.394. The first-order valence-electron chi connectivity index (χ1n) is 10.1. The third-order valence-electron chi connectivity index (χ3n) is 4.98. The minimum Gasteiger partial charge on any atom is -0.497 e. The van der Waals surface area contributed by atoms with E-state index in [1.807, 2.05) is 60.7 Å². The Balaban J connectivity index is 1.85. The van der Waals surface area contributed by atoms with Crippen molar-refractivity contribution in [2.75, 3.05) is 33.8 Å². The second kappa shape index (κ2) is 11.2. The van der Waals surface area contributed by atoms with E-state index in [1.54, 1.807) is 28.4 Å². The molecule has 7 heteroatoms. The number of benzene rings is 3. The van der Waals surface area contributed by atoms with Gasteiger partial charge in [-0.15, -0.1) is 0 Å². The van der Waals surface area contributed by atoms with Gasteiger partial charge in [0.25, 0.3) is 0 Å². The topological polar surface area (TPSA) is 52.2 Å². The first-order valence-corrected chi connectivity index (χ1v) is 10.5. The summed E-state index contributed by atoms with van der Waals surface area (Å²) in [6, 6.07) is 21.5. The Kier molecular flexibility index (Phi) is 8.16. The molecule has 0 spiro atoms. The van der Waals surface area contributed by atoms with E-state index in [4.69, 9.17) is 31.2 Å². The Morgan fingerprint density at radius 1 is 0.719 bits per heavy atom. The Morgan fingerprint density at radius 3 is 2.00 bits per heavy atom. The van der Waals surface area contributed by atoms with E-state index in [-0.39, 0.29) is 0 Å². The van der Waals surface area contributed by atoms with Crippen LogP contribution < -0.4 is 24.3 Å². The van der Waals surface area contributed by atoms with Crippen LogP contribution in [-0.4, -0.2) is 38.5 Å². The number of nitrogens with zero attached hydrogens (tertiary/aromatic N) is 1.